The molecule has 0 saturated carbocycles. The number of nitrogens with zero attached hydrogens (tertiary/aromatic N) is 2. The van der Waals surface area contributed by atoms with Crippen molar-refractivity contribution in [2.75, 3.05) is 31.9 Å². The standard InChI is InChI=1S/C15H20F3N3/c16-15(17,18)14-7-12(19)4-3-11(14)8-20-9-13(10-20)21-5-1-2-6-21/h3-4,7,13H,1-2,5-6,8-10,19H2. The Morgan fingerprint density at radius 3 is 2.43 bits per heavy atom. The summed E-state index contributed by atoms with van der Waals surface area (Å²) in [4.78, 5) is 4.52. The minimum Gasteiger partial charge on any atom is -0.399 e. The molecular weight excluding hydrogens is 279 g/mol. The largest absolute Gasteiger partial charge is 0.416 e. The molecule has 3 nitrogen and oxygen atoms in total. The monoisotopic (exact) mass is 299 g/mol. The van der Waals surface area contributed by atoms with Gasteiger partial charge in [-0.2, -0.15) is 13.2 Å². The van der Waals surface area contributed by atoms with Crippen LogP contribution in [-0.4, -0.2) is 42.0 Å². The van der Waals surface area contributed by atoms with E-state index in [1.807, 2.05) is 0 Å². The molecule has 0 atom stereocenters. The number of nitrogens with two attached hydrogens (primary N) is 1. The average Bonchev–Trinajstić information content (AvgIpc) is 2.87. The molecule has 2 aliphatic rings. The molecule has 6 heteroatoms. The van der Waals surface area contributed by atoms with Crippen LogP contribution < -0.4 is 5.73 Å². The van der Waals surface area contributed by atoms with Crippen LogP contribution in [0.4, 0.5) is 18.9 Å². The number of benzene rings is 1. The molecule has 3 rings (SSSR count). The number of hydrogen-bond acceptors (Lipinski definition) is 3. The van der Waals surface area contributed by atoms with E-state index in [4.69, 9.17) is 5.73 Å². The van der Waals surface area contributed by atoms with E-state index in [0.717, 1.165) is 32.2 Å². The van der Waals surface area contributed by atoms with Crippen molar-refractivity contribution < 1.29 is 13.2 Å². The van der Waals surface area contributed by atoms with Crippen molar-refractivity contribution in [1.29, 1.82) is 0 Å². The van der Waals surface area contributed by atoms with Gasteiger partial charge in [-0.05, 0) is 43.6 Å². The van der Waals surface area contributed by atoms with Crippen LogP contribution in [0.15, 0.2) is 18.2 Å². The third-order valence-electron chi connectivity index (χ3n) is 4.43. The van der Waals surface area contributed by atoms with E-state index in [0.29, 0.717) is 18.2 Å². The highest BCUT2D eigenvalue weighted by molar-refractivity contribution is 5.46. The average molecular weight is 299 g/mol. The molecule has 1 aromatic rings. The van der Waals surface area contributed by atoms with Crippen molar-refractivity contribution in [2.24, 2.45) is 0 Å². The number of hydrogen-bond donors (Lipinski definition) is 1. The number of halogens is 3. The van der Waals surface area contributed by atoms with Gasteiger partial charge in [-0.15, -0.1) is 0 Å². The molecule has 2 N–H and O–H groups in total. The van der Waals surface area contributed by atoms with E-state index in [2.05, 4.69) is 9.80 Å². The lowest BCUT2D eigenvalue weighted by molar-refractivity contribution is -0.138. The quantitative estimate of drug-likeness (QED) is 0.871. The fourth-order valence-corrected chi connectivity index (χ4v) is 3.25. The van der Waals surface area contributed by atoms with Gasteiger partial charge in [0.2, 0.25) is 0 Å². The molecule has 2 aliphatic heterocycles. The van der Waals surface area contributed by atoms with Gasteiger partial charge in [0.05, 0.1) is 5.56 Å². The first-order valence-corrected chi connectivity index (χ1v) is 7.35. The lowest BCUT2D eigenvalue weighted by Crippen LogP contribution is -2.58. The third-order valence-corrected chi connectivity index (χ3v) is 4.43. The Morgan fingerprint density at radius 1 is 1.14 bits per heavy atom. The summed E-state index contributed by atoms with van der Waals surface area (Å²) >= 11 is 0. The summed E-state index contributed by atoms with van der Waals surface area (Å²) in [5, 5.41) is 0. The van der Waals surface area contributed by atoms with Crippen molar-refractivity contribution in [3.05, 3.63) is 29.3 Å². The zero-order chi connectivity index (χ0) is 15.0. The fraction of sp³-hybridized carbons (Fsp3) is 0.600. The molecule has 2 fully saturated rings. The maximum Gasteiger partial charge on any atom is 0.416 e. The molecule has 1 aromatic carbocycles. The molecule has 2 heterocycles. The van der Waals surface area contributed by atoms with Crippen molar-refractivity contribution in [2.45, 2.75) is 31.6 Å². The van der Waals surface area contributed by atoms with E-state index < -0.39 is 11.7 Å². The predicted octanol–water partition coefficient (Wildman–Crippen LogP) is 2.57. The Bertz CT molecular complexity index is 503. The summed E-state index contributed by atoms with van der Waals surface area (Å²) in [6, 6.07) is 4.60. The van der Waals surface area contributed by atoms with Gasteiger partial charge >= 0.3 is 6.18 Å². The highest BCUT2D eigenvalue weighted by Gasteiger charge is 2.36. The maximum atomic E-state index is 13.0. The molecule has 0 spiro atoms. The topological polar surface area (TPSA) is 32.5 Å². The van der Waals surface area contributed by atoms with Gasteiger partial charge in [-0.3, -0.25) is 9.80 Å². The lowest BCUT2D eigenvalue weighted by atomic mass is 10.0. The second kappa shape index (κ2) is 5.50. The molecule has 21 heavy (non-hydrogen) atoms. The summed E-state index contributed by atoms with van der Waals surface area (Å²) in [5.74, 6) is 0. The number of likely N-dealkylation sites (tertiary alicyclic amines) is 2. The van der Waals surface area contributed by atoms with Crippen LogP contribution in [0.3, 0.4) is 0 Å². The number of nitrogen functional groups attached to an aromatic ring is 1. The van der Waals surface area contributed by atoms with Crippen LogP contribution in [0.1, 0.15) is 24.0 Å². The van der Waals surface area contributed by atoms with Crippen LogP contribution >= 0.6 is 0 Å². The Labute approximate surface area is 122 Å². The first-order valence-electron chi connectivity index (χ1n) is 7.35. The first kappa shape index (κ1) is 14.7. The zero-order valence-electron chi connectivity index (χ0n) is 11.9. The zero-order valence-corrected chi connectivity index (χ0v) is 11.9. The smallest absolute Gasteiger partial charge is 0.399 e. The Morgan fingerprint density at radius 2 is 1.81 bits per heavy atom. The van der Waals surface area contributed by atoms with E-state index in [1.54, 1.807) is 6.07 Å². The number of anilines is 1. The first-order chi connectivity index (χ1) is 9.93. The van der Waals surface area contributed by atoms with E-state index >= 15 is 0 Å². The number of rotatable bonds is 3. The predicted molar refractivity (Wildman–Crippen MR) is 75.7 cm³/mol. The molecule has 2 saturated heterocycles. The van der Waals surface area contributed by atoms with Gasteiger partial charge in [0.25, 0.3) is 0 Å². The van der Waals surface area contributed by atoms with Crippen LogP contribution in [0.5, 0.6) is 0 Å². The molecule has 0 unspecified atom stereocenters. The number of alkyl halides is 3. The van der Waals surface area contributed by atoms with Crippen LogP contribution in [0.25, 0.3) is 0 Å². The van der Waals surface area contributed by atoms with Crippen LogP contribution in [0.2, 0.25) is 0 Å². The highest BCUT2D eigenvalue weighted by Crippen LogP contribution is 2.34. The summed E-state index contributed by atoms with van der Waals surface area (Å²) in [5.41, 5.74) is 5.35. The van der Waals surface area contributed by atoms with Crippen molar-refractivity contribution in [1.82, 2.24) is 9.80 Å². The van der Waals surface area contributed by atoms with Crippen molar-refractivity contribution in [3.63, 3.8) is 0 Å². The molecule has 0 aliphatic carbocycles. The third kappa shape index (κ3) is 3.16. The Kier molecular flexibility index (Phi) is 3.84. The van der Waals surface area contributed by atoms with Gasteiger partial charge < -0.3 is 5.73 Å². The summed E-state index contributed by atoms with van der Waals surface area (Å²) in [6.07, 6.45) is -1.86. The molecule has 116 valence electrons. The van der Waals surface area contributed by atoms with Crippen LogP contribution in [-0.2, 0) is 12.7 Å². The normalized spacial score (nSPS) is 21.7. The van der Waals surface area contributed by atoms with E-state index in [1.165, 1.54) is 18.9 Å². The molecule has 0 aromatic heterocycles. The van der Waals surface area contributed by atoms with Crippen molar-refractivity contribution in [3.8, 4) is 0 Å². The second-order valence-corrected chi connectivity index (χ2v) is 6.01. The summed E-state index contributed by atoms with van der Waals surface area (Å²) < 4.78 is 39.1. The molecular formula is C15H20F3N3. The van der Waals surface area contributed by atoms with Crippen LogP contribution in [0, 0.1) is 0 Å². The van der Waals surface area contributed by atoms with Crippen molar-refractivity contribution >= 4 is 5.69 Å². The van der Waals surface area contributed by atoms with Gasteiger partial charge in [0, 0.05) is 31.4 Å². The molecule has 0 bridgehead atoms. The van der Waals surface area contributed by atoms with Gasteiger partial charge in [-0.1, -0.05) is 6.07 Å². The highest BCUT2D eigenvalue weighted by atomic mass is 19.4. The minimum absolute atomic E-state index is 0.157. The molecule has 0 amide bonds. The van der Waals surface area contributed by atoms with Gasteiger partial charge in [-0.25, -0.2) is 0 Å². The lowest BCUT2D eigenvalue weighted by Gasteiger charge is -2.44. The maximum absolute atomic E-state index is 13.0. The SMILES string of the molecule is Nc1ccc(CN2CC(N3CCCC3)C2)c(C(F)(F)F)c1. The van der Waals surface area contributed by atoms with E-state index in [9.17, 15) is 13.2 Å². The summed E-state index contributed by atoms with van der Waals surface area (Å²) in [6.45, 7) is 4.34. The Hall–Kier alpha value is -1.27. The Balaban J connectivity index is 1.64. The van der Waals surface area contributed by atoms with Gasteiger partial charge in [0.1, 0.15) is 0 Å². The summed E-state index contributed by atoms with van der Waals surface area (Å²) in [7, 11) is 0. The fourth-order valence-electron chi connectivity index (χ4n) is 3.25. The van der Waals surface area contributed by atoms with E-state index in [-0.39, 0.29) is 5.69 Å². The second-order valence-electron chi connectivity index (χ2n) is 6.01. The molecule has 0 radical (unpaired) electrons. The van der Waals surface area contributed by atoms with Gasteiger partial charge in [0.15, 0.2) is 0 Å². The minimum atomic E-state index is -4.34.